The largest absolute Gasteiger partial charge is 0.383 e. The summed E-state index contributed by atoms with van der Waals surface area (Å²) < 4.78 is 5.10. The van der Waals surface area contributed by atoms with E-state index in [2.05, 4.69) is 29.1 Å². The second kappa shape index (κ2) is 9.08. The number of hydrogen-bond acceptors (Lipinski definition) is 4. The summed E-state index contributed by atoms with van der Waals surface area (Å²) in [6.45, 7) is 2.85. The van der Waals surface area contributed by atoms with Gasteiger partial charge in [0.05, 0.1) is 24.8 Å². The predicted octanol–water partition coefficient (Wildman–Crippen LogP) is 0.937. The molecule has 0 bridgehead atoms. The molecule has 1 unspecified atom stereocenters. The van der Waals surface area contributed by atoms with E-state index in [0.717, 1.165) is 12.8 Å². The Labute approximate surface area is 119 Å². The van der Waals surface area contributed by atoms with Crippen molar-refractivity contribution in [3.63, 3.8) is 0 Å². The average molecular weight is 275 g/mol. The number of aromatic nitrogens is 1. The Bertz CT molecular complexity index is 485. The molecule has 0 saturated carbocycles. The highest BCUT2D eigenvalue weighted by Crippen LogP contribution is 2.04. The van der Waals surface area contributed by atoms with E-state index in [1.165, 1.54) is 6.20 Å². The minimum atomic E-state index is -0.163. The molecule has 0 fully saturated rings. The molecule has 1 aromatic heterocycles. The van der Waals surface area contributed by atoms with Crippen LogP contribution in [0.2, 0.25) is 0 Å². The van der Waals surface area contributed by atoms with Gasteiger partial charge in [-0.2, -0.15) is 0 Å². The van der Waals surface area contributed by atoms with Crippen LogP contribution in [0.1, 0.15) is 35.7 Å². The lowest BCUT2D eigenvalue weighted by atomic mass is 10.1. The standard InChI is InChI=1S/C15H21N3O2/c1-3-5-14(11-20-2)18-15(19)13-8-12(6-4-7-16)9-17-10-13/h8-10,14H,3,5,7,11,16H2,1-2H3,(H,18,19). The van der Waals surface area contributed by atoms with E-state index in [0.29, 0.717) is 17.7 Å². The van der Waals surface area contributed by atoms with Crippen LogP contribution in [-0.4, -0.2) is 37.2 Å². The lowest BCUT2D eigenvalue weighted by Crippen LogP contribution is -2.38. The van der Waals surface area contributed by atoms with Crippen molar-refractivity contribution in [1.29, 1.82) is 0 Å². The Hall–Kier alpha value is -1.90. The number of amides is 1. The van der Waals surface area contributed by atoms with Gasteiger partial charge in [-0.3, -0.25) is 9.78 Å². The number of carbonyl (C=O) groups is 1. The predicted molar refractivity (Wildman–Crippen MR) is 78.2 cm³/mol. The third kappa shape index (κ3) is 5.39. The maximum Gasteiger partial charge on any atom is 0.253 e. The van der Waals surface area contributed by atoms with Crippen LogP contribution >= 0.6 is 0 Å². The van der Waals surface area contributed by atoms with Crippen LogP contribution in [0.3, 0.4) is 0 Å². The van der Waals surface area contributed by atoms with Gasteiger partial charge in [0, 0.05) is 25.1 Å². The van der Waals surface area contributed by atoms with Crippen LogP contribution in [0.4, 0.5) is 0 Å². The van der Waals surface area contributed by atoms with Gasteiger partial charge < -0.3 is 15.8 Å². The molecule has 0 aliphatic heterocycles. The van der Waals surface area contributed by atoms with Crippen LogP contribution in [0.5, 0.6) is 0 Å². The van der Waals surface area contributed by atoms with Crippen LogP contribution in [0, 0.1) is 11.8 Å². The molecule has 5 heteroatoms. The number of pyridine rings is 1. The summed E-state index contributed by atoms with van der Waals surface area (Å²) >= 11 is 0. The zero-order valence-electron chi connectivity index (χ0n) is 12.0. The van der Waals surface area contributed by atoms with Gasteiger partial charge in [0.25, 0.3) is 5.91 Å². The van der Waals surface area contributed by atoms with Gasteiger partial charge in [-0.15, -0.1) is 0 Å². The van der Waals surface area contributed by atoms with E-state index in [1.54, 1.807) is 19.4 Å². The molecule has 0 spiro atoms. The zero-order valence-corrected chi connectivity index (χ0v) is 12.0. The maximum absolute atomic E-state index is 12.2. The second-order valence-corrected chi connectivity index (χ2v) is 4.38. The first kappa shape index (κ1) is 16.2. The van der Waals surface area contributed by atoms with Gasteiger partial charge in [-0.25, -0.2) is 0 Å². The molecule has 0 aliphatic carbocycles. The number of carbonyl (C=O) groups excluding carboxylic acids is 1. The van der Waals surface area contributed by atoms with Crippen molar-refractivity contribution >= 4 is 5.91 Å². The van der Waals surface area contributed by atoms with Gasteiger partial charge >= 0.3 is 0 Å². The monoisotopic (exact) mass is 275 g/mol. The fraction of sp³-hybridized carbons (Fsp3) is 0.467. The summed E-state index contributed by atoms with van der Waals surface area (Å²) in [5.41, 5.74) is 6.49. The molecule has 5 nitrogen and oxygen atoms in total. The van der Waals surface area contributed by atoms with Crippen molar-refractivity contribution in [3.05, 3.63) is 29.6 Å². The van der Waals surface area contributed by atoms with E-state index < -0.39 is 0 Å². The zero-order chi connectivity index (χ0) is 14.8. The average Bonchev–Trinajstić information content (AvgIpc) is 2.46. The molecule has 1 rings (SSSR count). The normalized spacial score (nSPS) is 11.3. The molecule has 3 N–H and O–H groups in total. The summed E-state index contributed by atoms with van der Waals surface area (Å²) in [6.07, 6.45) is 4.99. The van der Waals surface area contributed by atoms with E-state index in [1.807, 2.05) is 0 Å². The Morgan fingerprint density at radius 2 is 2.35 bits per heavy atom. The third-order valence-electron chi connectivity index (χ3n) is 2.68. The second-order valence-electron chi connectivity index (χ2n) is 4.38. The highest BCUT2D eigenvalue weighted by atomic mass is 16.5. The number of methoxy groups -OCH3 is 1. The first-order valence-electron chi connectivity index (χ1n) is 6.65. The van der Waals surface area contributed by atoms with Crippen molar-refractivity contribution in [2.75, 3.05) is 20.3 Å². The lowest BCUT2D eigenvalue weighted by molar-refractivity contribution is 0.0891. The Morgan fingerprint density at radius 1 is 1.55 bits per heavy atom. The molecular weight excluding hydrogens is 254 g/mol. The SMILES string of the molecule is CCCC(COC)NC(=O)c1cncc(C#CCN)c1. The Balaban J connectivity index is 2.75. The van der Waals surface area contributed by atoms with Gasteiger partial charge in [0.1, 0.15) is 0 Å². The van der Waals surface area contributed by atoms with E-state index in [9.17, 15) is 4.79 Å². The van der Waals surface area contributed by atoms with Crippen molar-refractivity contribution in [1.82, 2.24) is 10.3 Å². The number of nitrogens with zero attached hydrogens (tertiary/aromatic N) is 1. The van der Waals surface area contributed by atoms with Crippen LogP contribution in [0.15, 0.2) is 18.5 Å². The quantitative estimate of drug-likeness (QED) is 0.757. The number of nitrogens with one attached hydrogen (secondary N) is 1. The third-order valence-corrected chi connectivity index (χ3v) is 2.68. The van der Waals surface area contributed by atoms with Gasteiger partial charge in [-0.05, 0) is 12.5 Å². The van der Waals surface area contributed by atoms with Gasteiger partial charge in [0.15, 0.2) is 0 Å². The smallest absolute Gasteiger partial charge is 0.253 e. The fourth-order valence-corrected chi connectivity index (χ4v) is 1.80. The van der Waals surface area contributed by atoms with E-state index in [-0.39, 0.29) is 18.5 Å². The summed E-state index contributed by atoms with van der Waals surface area (Å²) in [4.78, 5) is 16.2. The lowest BCUT2D eigenvalue weighted by Gasteiger charge is -2.17. The van der Waals surface area contributed by atoms with Gasteiger partial charge in [-0.1, -0.05) is 25.2 Å². The molecule has 1 amide bonds. The molecule has 20 heavy (non-hydrogen) atoms. The molecule has 0 radical (unpaired) electrons. The number of hydrogen-bond donors (Lipinski definition) is 2. The Morgan fingerprint density at radius 3 is 3.00 bits per heavy atom. The van der Waals surface area contributed by atoms with E-state index >= 15 is 0 Å². The molecule has 1 atom stereocenters. The molecular formula is C15H21N3O2. The molecule has 0 aromatic carbocycles. The van der Waals surface area contributed by atoms with Crippen molar-refractivity contribution in [3.8, 4) is 11.8 Å². The molecule has 1 heterocycles. The molecule has 1 aromatic rings. The van der Waals surface area contributed by atoms with Crippen molar-refractivity contribution < 1.29 is 9.53 Å². The van der Waals surface area contributed by atoms with Gasteiger partial charge in [0.2, 0.25) is 0 Å². The first-order valence-corrected chi connectivity index (χ1v) is 6.65. The minimum absolute atomic E-state index is 0.0104. The van der Waals surface area contributed by atoms with Crippen LogP contribution in [0.25, 0.3) is 0 Å². The number of nitrogens with two attached hydrogens (primary N) is 1. The van der Waals surface area contributed by atoms with Crippen LogP contribution < -0.4 is 11.1 Å². The number of rotatable bonds is 6. The highest BCUT2D eigenvalue weighted by Gasteiger charge is 2.13. The molecule has 0 saturated heterocycles. The Kier molecular flexibility index (Phi) is 7.33. The minimum Gasteiger partial charge on any atom is -0.383 e. The first-order chi connectivity index (χ1) is 9.71. The molecule has 0 aliphatic rings. The number of ether oxygens (including phenoxy) is 1. The summed E-state index contributed by atoms with van der Waals surface area (Å²) in [5, 5.41) is 2.94. The van der Waals surface area contributed by atoms with Crippen LogP contribution in [-0.2, 0) is 4.74 Å². The summed E-state index contributed by atoms with van der Waals surface area (Å²) in [6, 6.07) is 1.72. The molecule has 108 valence electrons. The van der Waals surface area contributed by atoms with Crippen molar-refractivity contribution in [2.24, 2.45) is 5.73 Å². The maximum atomic E-state index is 12.2. The topological polar surface area (TPSA) is 77.2 Å². The summed E-state index contributed by atoms with van der Waals surface area (Å²) in [5.74, 6) is 5.44. The fourth-order valence-electron chi connectivity index (χ4n) is 1.80. The van der Waals surface area contributed by atoms with Crippen molar-refractivity contribution in [2.45, 2.75) is 25.8 Å². The van der Waals surface area contributed by atoms with E-state index in [4.69, 9.17) is 10.5 Å². The highest BCUT2D eigenvalue weighted by molar-refractivity contribution is 5.94. The summed E-state index contributed by atoms with van der Waals surface area (Å²) in [7, 11) is 1.62.